The Morgan fingerprint density at radius 3 is 1.50 bits per heavy atom. The van der Waals surface area contributed by atoms with Gasteiger partial charge in [-0.05, 0) is 13.8 Å². The number of aliphatic carboxylic acids is 2. The molecule has 82 valence electrons. The van der Waals surface area contributed by atoms with Gasteiger partial charge in [0.1, 0.15) is 0 Å². The molecular weight excluding hydrogens is 188 g/mol. The van der Waals surface area contributed by atoms with Crippen LogP contribution in [0.15, 0.2) is 0 Å². The van der Waals surface area contributed by atoms with Crippen LogP contribution in [0.3, 0.4) is 0 Å². The van der Waals surface area contributed by atoms with Crippen molar-refractivity contribution in [2.75, 3.05) is 13.1 Å². The van der Waals surface area contributed by atoms with Gasteiger partial charge < -0.3 is 30.4 Å². The zero-order valence-corrected chi connectivity index (χ0v) is 8.20. The molecule has 0 bridgehead atoms. The van der Waals surface area contributed by atoms with Crippen molar-refractivity contribution in [2.24, 2.45) is 0 Å². The van der Waals surface area contributed by atoms with Crippen LogP contribution in [0.2, 0.25) is 0 Å². The topological polar surface area (TPSA) is 104 Å². The maximum absolute atomic E-state index is 10.2. The molecule has 0 unspecified atom stereocenters. The first-order valence-corrected chi connectivity index (χ1v) is 4.33. The van der Waals surface area contributed by atoms with Gasteiger partial charge in [-0.3, -0.25) is 0 Å². The summed E-state index contributed by atoms with van der Waals surface area (Å²) in [6, 6.07) is -1.48. The highest BCUT2D eigenvalue weighted by atomic mass is 16.4. The number of rotatable bonds is 7. The van der Waals surface area contributed by atoms with E-state index in [0.29, 0.717) is 13.1 Å². The SMILES string of the molecule is C[C@@H](NCCN[C@H](C)C(=O)[O-])C(=O)[O-]. The first-order chi connectivity index (χ1) is 6.45. The maximum atomic E-state index is 10.2. The molecule has 2 N–H and O–H groups in total. The molecule has 0 radical (unpaired) electrons. The van der Waals surface area contributed by atoms with Gasteiger partial charge in [-0.1, -0.05) is 0 Å². The molecule has 6 heteroatoms. The van der Waals surface area contributed by atoms with Gasteiger partial charge in [0.2, 0.25) is 0 Å². The van der Waals surface area contributed by atoms with E-state index in [1.54, 1.807) is 0 Å². The maximum Gasteiger partial charge on any atom is 0.0581 e. The van der Waals surface area contributed by atoms with Crippen molar-refractivity contribution in [3.63, 3.8) is 0 Å². The van der Waals surface area contributed by atoms with E-state index >= 15 is 0 Å². The van der Waals surface area contributed by atoms with E-state index in [4.69, 9.17) is 0 Å². The second kappa shape index (κ2) is 6.33. The molecule has 0 fully saturated rings. The largest absolute Gasteiger partial charge is 0.548 e. The van der Waals surface area contributed by atoms with Gasteiger partial charge in [0.15, 0.2) is 0 Å². The molecule has 2 atom stereocenters. The van der Waals surface area contributed by atoms with E-state index in [-0.39, 0.29) is 0 Å². The van der Waals surface area contributed by atoms with Crippen molar-refractivity contribution < 1.29 is 19.8 Å². The Labute approximate surface area is 82.3 Å². The quantitative estimate of drug-likeness (QED) is 0.414. The van der Waals surface area contributed by atoms with E-state index in [9.17, 15) is 19.8 Å². The van der Waals surface area contributed by atoms with Crippen LogP contribution in [0.4, 0.5) is 0 Å². The number of carboxylic acids is 2. The normalized spacial score (nSPS) is 14.7. The highest BCUT2D eigenvalue weighted by Crippen LogP contribution is 1.78. The molecule has 0 aliphatic carbocycles. The fraction of sp³-hybridized carbons (Fsp3) is 0.750. The van der Waals surface area contributed by atoms with E-state index in [2.05, 4.69) is 10.6 Å². The van der Waals surface area contributed by atoms with Crippen LogP contribution < -0.4 is 20.8 Å². The number of carbonyl (C=O) groups excluding carboxylic acids is 2. The monoisotopic (exact) mass is 202 g/mol. The Kier molecular flexibility index (Phi) is 5.82. The van der Waals surface area contributed by atoms with Crippen molar-refractivity contribution in [3.05, 3.63) is 0 Å². The summed E-state index contributed by atoms with van der Waals surface area (Å²) in [6.45, 7) is 3.62. The zero-order chi connectivity index (χ0) is 11.1. The van der Waals surface area contributed by atoms with E-state index < -0.39 is 24.0 Å². The Bertz CT molecular complexity index is 186. The van der Waals surface area contributed by atoms with Crippen LogP contribution in [-0.2, 0) is 9.59 Å². The Hall–Kier alpha value is -1.14. The van der Waals surface area contributed by atoms with E-state index in [0.717, 1.165) is 0 Å². The summed E-state index contributed by atoms with van der Waals surface area (Å²) in [5.41, 5.74) is 0. The fourth-order valence-electron chi connectivity index (χ4n) is 0.744. The molecule has 0 amide bonds. The summed E-state index contributed by atoms with van der Waals surface area (Å²) in [6.07, 6.45) is 0. The zero-order valence-electron chi connectivity index (χ0n) is 8.20. The Morgan fingerprint density at radius 1 is 1.00 bits per heavy atom. The third-order valence-corrected chi connectivity index (χ3v) is 1.73. The lowest BCUT2D eigenvalue weighted by Crippen LogP contribution is -2.48. The molecule has 0 aromatic rings. The summed E-state index contributed by atoms with van der Waals surface area (Å²) in [7, 11) is 0. The molecule has 14 heavy (non-hydrogen) atoms. The molecule has 6 nitrogen and oxygen atoms in total. The molecular formula is C8H14N2O4-2. The van der Waals surface area contributed by atoms with Crippen molar-refractivity contribution in [1.82, 2.24) is 10.6 Å². The van der Waals surface area contributed by atoms with Crippen molar-refractivity contribution >= 4 is 11.9 Å². The van der Waals surface area contributed by atoms with Crippen LogP contribution in [0, 0.1) is 0 Å². The number of carboxylic acid groups (broad SMARTS) is 2. The van der Waals surface area contributed by atoms with Gasteiger partial charge in [-0.15, -0.1) is 0 Å². The van der Waals surface area contributed by atoms with Gasteiger partial charge >= 0.3 is 0 Å². The fourth-order valence-corrected chi connectivity index (χ4v) is 0.744. The molecule has 0 aromatic heterocycles. The summed E-state index contributed by atoms with van der Waals surface area (Å²) in [4.78, 5) is 20.5. The summed E-state index contributed by atoms with van der Waals surface area (Å²) >= 11 is 0. The second-order valence-corrected chi connectivity index (χ2v) is 2.99. The van der Waals surface area contributed by atoms with Gasteiger partial charge in [0.05, 0.1) is 11.9 Å². The van der Waals surface area contributed by atoms with E-state index in [1.165, 1.54) is 13.8 Å². The van der Waals surface area contributed by atoms with E-state index in [1.807, 2.05) is 0 Å². The third-order valence-electron chi connectivity index (χ3n) is 1.73. The molecule has 0 aliphatic rings. The minimum absolute atomic E-state index is 0.354. The van der Waals surface area contributed by atoms with Crippen LogP contribution in [0.1, 0.15) is 13.8 Å². The molecule has 0 saturated heterocycles. The summed E-state index contributed by atoms with van der Waals surface area (Å²) in [5, 5.41) is 25.8. The smallest absolute Gasteiger partial charge is 0.0581 e. The van der Waals surface area contributed by atoms with Crippen molar-refractivity contribution in [1.29, 1.82) is 0 Å². The van der Waals surface area contributed by atoms with Crippen LogP contribution >= 0.6 is 0 Å². The second-order valence-electron chi connectivity index (χ2n) is 2.99. The first-order valence-electron chi connectivity index (χ1n) is 4.33. The highest BCUT2D eigenvalue weighted by Gasteiger charge is 2.02. The number of hydrogen-bond donors (Lipinski definition) is 2. The van der Waals surface area contributed by atoms with Crippen molar-refractivity contribution in [2.45, 2.75) is 25.9 Å². The molecule has 0 spiro atoms. The van der Waals surface area contributed by atoms with Crippen LogP contribution in [0.5, 0.6) is 0 Å². The lowest BCUT2D eigenvalue weighted by molar-refractivity contribution is -0.309. The highest BCUT2D eigenvalue weighted by molar-refractivity contribution is 5.70. The first kappa shape index (κ1) is 12.9. The van der Waals surface area contributed by atoms with Crippen LogP contribution in [0.25, 0.3) is 0 Å². The minimum atomic E-state index is -1.18. The summed E-state index contributed by atoms with van der Waals surface area (Å²) < 4.78 is 0. The summed E-state index contributed by atoms with van der Waals surface area (Å²) in [5.74, 6) is -2.36. The average Bonchev–Trinajstić information content (AvgIpc) is 2.11. The van der Waals surface area contributed by atoms with Gasteiger partial charge in [-0.2, -0.15) is 0 Å². The lowest BCUT2D eigenvalue weighted by atomic mass is 10.3. The molecule has 0 saturated carbocycles. The molecule has 0 aromatic carbocycles. The molecule has 0 heterocycles. The standard InChI is InChI=1S/C8H16N2O4/c1-5(7(11)12)9-3-4-10-6(2)8(13)14/h5-6,9-10H,3-4H2,1-2H3,(H,11,12)(H,13,14)/p-2/t5-,6-/m1/s1. The number of carbonyl (C=O) groups is 2. The third kappa shape index (κ3) is 5.50. The number of nitrogens with one attached hydrogen (secondary N) is 2. The molecule has 0 aliphatic heterocycles. The van der Waals surface area contributed by atoms with Crippen LogP contribution in [-0.4, -0.2) is 37.1 Å². The Morgan fingerprint density at radius 2 is 1.29 bits per heavy atom. The minimum Gasteiger partial charge on any atom is -0.548 e. The predicted octanol–water partition coefficient (Wildman–Crippen LogP) is -3.56. The van der Waals surface area contributed by atoms with Gasteiger partial charge in [0, 0.05) is 25.2 Å². The Balaban J connectivity index is 3.47. The van der Waals surface area contributed by atoms with Gasteiger partial charge in [0.25, 0.3) is 0 Å². The molecule has 0 rings (SSSR count). The predicted molar refractivity (Wildman–Crippen MR) is 44.9 cm³/mol. The lowest BCUT2D eigenvalue weighted by Gasteiger charge is -2.17. The van der Waals surface area contributed by atoms with Gasteiger partial charge in [-0.25, -0.2) is 0 Å². The van der Waals surface area contributed by atoms with Crippen molar-refractivity contribution in [3.8, 4) is 0 Å². The number of hydrogen-bond acceptors (Lipinski definition) is 6. The average molecular weight is 202 g/mol.